The van der Waals surface area contributed by atoms with Crippen molar-refractivity contribution >= 4 is 22.5 Å². The van der Waals surface area contributed by atoms with Crippen LogP contribution >= 0.6 is 0 Å². The Balaban J connectivity index is 1.57. The summed E-state index contributed by atoms with van der Waals surface area (Å²) in [7, 11) is 0. The Morgan fingerprint density at radius 3 is 2.43 bits per heavy atom. The minimum atomic E-state index is -0.410. The number of aromatic amines is 1. The Kier molecular flexibility index (Phi) is 4.95. The van der Waals surface area contributed by atoms with Gasteiger partial charge in [-0.05, 0) is 22.6 Å². The molecule has 0 aliphatic heterocycles. The zero-order chi connectivity index (χ0) is 21.3. The zero-order valence-electron chi connectivity index (χ0n) is 17.1. The molecule has 0 aliphatic carbocycles. The number of amides is 1. The highest BCUT2D eigenvalue weighted by Crippen LogP contribution is 2.23. The van der Waals surface area contributed by atoms with E-state index in [0.29, 0.717) is 23.1 Å². The number of rotatable bonds is 4. The predicted octanol–water partition coefficient (Wildman–Crippen LogP) is 3.72. The van der Waals surface area contributed by atoms with Crippen LogP contribution in [0.3, 0.4) is 0 Å². The Labute approximate surface area is 173 Å². The predicted molar refractivity (Wildman–Crippen MR) is 117 cm³/mol. The van der Waals surface area contributed by atoms with Crippen LogP contribution in [-0.4, -0.2) is 25.9 Å². The molecule has 0 saturated heterocycles. The Morgan fingerprint density at radius 2 is 1.73 bits per heavy atom. The maximum Gasteiger partial charge on any atom is 0.277 e. The van der Waals surface area contributed by atoms with Gasteiger partial charge in [-0.2, -0.15) is 10.2 Å². The summed E-state index contributed by atoms with van der Waals surface area (Å²) in [6.07, 6.45) is 1.64. The number of anilines is 1. The van der Waals surface area contributed by atoms with Crippen LogP contribution in [0.2, 0.25) is 0 Å². The van der Waals surface area contributed by atoms with E-state index in [1.807, 2.05) is 0 Å². The third kappa shape index (κ3) is 3.87. The molecular weight excluding hydrogens is 378 g/mol. The molecule has 0 bridgehead atoms. The normalized spacial score (nSPS) is 11.6. The molecule has 2 aromatic carbocycles. The molecule has 0 saturated carbocycles. The number of nitrogens with zero attached hydrogens (tertiary/aromatic N) is 3. The minimum absolute atomic E-state index is 0.0930. The molecule has 2 heterocycles. The zero-order valence-corrected chi connectivity index (χ0v) is 17.1. The average molecular weight is 401 g/mol. The van der Waals surface area contributed by atoms with E-state index in [1.165, 1.54) is 5.56 Å². The van der Waals surface area contributed by atoms with Crippen molar-refractivity contribution in [2.75, 3.05) is 5.32 Å². The van der Waals surface area contributed by atoms with Crippen LogP contribution in [0.25, 0.3) is 10.8 Å². The van der Waals surface area contributed by atoms with Gasteiger partial charge < -0.3 is 5.32 Å². The van der Waals surface area contributed by atoms with Crippen LogP contribution in [0.5, 0.6) is 0 Å². The Morgan fingerprint density at radius 1 is 1.03 bits per heavy atom. The molecule has 0 radical (unpaired) electrons. The van der Waals surface area contributed by atoms with Gasteiger partial charge in [0.05, 0.1) is 18.1 Å². The number of carbonyl (C=O) groups excluding carboxylic acids is 1. The number of fused-ring (bicyclic) bond motifs is 1. The fraction of sp³-hybridized carbons (Fsp3) is 0.217. The van der Waals surface area contributed by atoms with E-state index in [0.717, 1.165) is 5.56 Å². The molecular formula is C23H23N5O2. The van der Waals surface area contributed by atoms with Gasteiger partial charge in [0.15, 0.2) is 5.69 Å². The molecule has 7 heteroatoms. The molecule has 4 aromatic rings. The van der Waals surface area contributed by atoms with Gasteiger partial charge in [0.2, 0.25) is 0 Å². The van der Waals surface area contributed by atoms with Crippen molar-refractivity contribution < 1.29 is 4.79 Å². The summed E-state index contributed by atoms with van der Waals surface area (Å²) >= 11 is 0. The van der Waals surface area contributed by atoms with Crippen LogP contribution in [0.15, 0.2) is 65.6 Å². The van der Waals surface area contributed by atoms with Crippen LogP contribution < -0.4 is 10.9 Å². The van der Waals surface area contributed by atoms with Gasteiger partial charge in [0, 0.05) is 11.5 Å². The van der Waals surface area contributed by atoms with E-state index < -0.39 is 5.91 Å². The second-order valence-corrected chi connectivity index (χ2v) is 8.22. The third-order valence-electron chi connectivity index (χ3n) is 5.02. The van der Waals surface area contributed by atoms with Gasteiger partial charge in [0.1, 0.15) is 5.82 Å². The standard InChI is InChI=1S/C23H23N5O2/c1-23(2,3)16-10-8-15(9-11-16)14-28-19(12-13-24-28)25-22(30)20-17-6-4-5-7-18(17)21(29)27-26-20/h4-13H,14H2,1-3H3,(H,25,30)(H,27,29). The number of benzene rings is 2. The average Bonchev–Trinajstić information content (AvgIpc) is 3.14. The van der Waals surface area contributed by atoms with Gasteiger partial charge in [0.25, 0.3) is 11.5 Å². The number of hydrogen-bond acceptors (Lipinski definition) is 4. The Bertz CT molecular complexity index is 1260. The minimum Gasteiger partial charge on any atom is -0.305 e. The molecule has 152 valence electrons. The van der Waals surface area contributed by atoms with Crippen molar-refractivity contribution in [1.29, 1.82) is 0 Å². The first-order valence-corrected chi connectivity index (χ1v) is 9.73. The fourth-order valence-corrected chi connectivity index (χ4v) is 3.31. The number of aromatic nitrogens is 4. The van der Waals surface area contributed by atoms with E-state index in [9.17, 15) is 9.59 Å². The van der Waals surface area contributed by atoms with E-state index in [-0.39, 0.29) is 16.7 Å². The lowest BCUT2D eigenvalue weighted by molar-refractivity contribution is 0.102. The summed E-state index contributed by atoms with van der Waals surface area (Å²) in [5, 5.41) is 14.4. The summed E-state index contributed by atoms with van der Waals surface area (Å²) in [6, 6.07) is 17.0. The third-order valence-corrected chi connectivity index (χ3v) is 5.02. The summed E-state index contributed by atoms with van der Waals surface area (Å²) in [5.41, 5.74) is 2.26. The number of carbonyl (C=O) groups is 1. The van der Waals surface area contributed by atoms with Gasteiger partial charge in [-0.25, -0.2) is 9.78 Å². The first-order chi connectivity index (χ1) is 14.3. The number of H-pyrrole nitrogens is 1. The number of hydrogen-bond donors (Lipinski definition) is 2. The van der Waals surface area contributed by atoms with Crippen LogP contribution in [-0.2, 0) is 12.0 Å². The largest absolute Gasteiger partial charge is 0.305 e. The molecule has 2 N–H and O–H groups in total. The van der Waals surface area contributed by atoms with Gasteiger partial charge >= 0.3 is 0 Å². The lowest BCUT2D eigenvalue weighted by Crippen LogP contribution is -2.21. The van der Waals surface area contributed by atoms with Crippen LogP contribution in [0.1, 0.15) is 42.4 Å². The quantitative estimate of drug-likeness (QED) is 0.545. The first-order valence-electron chi connectivity index (χ1n) is 9.73. The first kappa shape index (κ1) is 19.6. The lowest BCUT2D eigenvalue weighted by atomic mass is 9.87. The summed E-state index contributed by atoms with van der Waals surface area (Å²) in [6.45, 7) is 7.06. The number of nitrogens with one attached hydrogen (secondary N) is 2. The van der Waals surface area contributed by atoms with Crippen molar-refractivity contribution in [1.82, 2.24) is 20.0 Å². The van der Waals surface area contributed by atoms with Crippen molar-refractivity contribution in [3.8, 4) is 0 Å². The van der Waals surface area contributed by atoms with Gasteiger partial charge in [-0.3, -0.25) is 9.59 Å². The maximum absolute atomic E-state index is 12.9. The smallest absolute Gasteiger partial charge is 0.277 e. The molecule has 4 rings (SSSR count). The molecule has 0 fully saturated rings. The maximum atomic E-state index is 12.9. The molecule has 2 aromatic heterocycles. The van der Waals surface area contributed by atoms with Crippen molar-refractivity contribution in [2.45, 2.75) is 32.7 Å². The van der Waals surface area contributed by atoms with Crippen molar-refractivity contribution in [3.63, 3.8) is 0 Å². The van der Waals surface area contributed by atoms with E-state index >= 15 is 0 Å². The fourth-order valence-electron chi connectivity index (χ4n) is 3.31. The van der Waals surface area contributed by atoms with Crippen LogP contribution in [0, 0.1) is 0 Å². The molecule has 0 atom stereocenters. The van der Waals surface area contributed by atoms with Crippen molar-refractivity contribution in [2.24, 2.45) is 0 Å². The van der Waals surface area contributed by atoms with E-state index in [2.05, 4.69) is 65.6 Å². The molecule has 0 unspecified atom stereocenters. The van der Waals surface area contributed by atoms with Crippen LogP contribution in [0.4, 0.5) is 5.82 Å². The molecule has 0 aliphatic rings. The van der Waals surface area contributed by atoms with E-state index in [4.69, 9.17) is 0 Å². The molecule has 30 heavy (non-hydrogen) atoms. The highest BCUT2D eigenvalue weighted by Gasteiger charge is 2.17. The van der Waals surface area contributed by atoms with Gasteiger partial charge in [-0.15, -0.1) is 0 Å². The molecule has 1 amide bonds. The van der Waals surface area contributed by atoms with E-state index in [1.54, 1.807) is 41.2 Å². The molecule has 0 spiro atoms. The second-order valence-electron chi connectivity index (χ2n) is 8.22. The summed E-state index contributed by atoms with van der Waals surface area (Å²) in [4.78, 5) is 24.8. The molecule has 7 nitrogen and oxygen atoms in total. The van der Waals surface area contributed by atoms with Crippen molar-refractivity contribution in [3.05, 3.63) is 88.0 Å². The topological polar surface area (TPSA) is 92.7 Å². The monoisotopic (exact) mass is 401 g/mol. The Hall–Kier alpha value is -3.74. The summed E-state index contributed by atoms with van der Waals surface area (Å²) < 4.78 is 1.72. The highest BCUT2D eigenvalue weighted by molar-refractivity contribution is 6.10. The summed E-state index contributed by atoms with van der Waals surface area (Å²) in [5.74, 6) is 0.143. The van der Waals surface area contributed by atoms with Gasteiger partial charge in [-0.1, -0.05) is 63.2 Å². The highest BCUT2D eigenvalue weighted by atomic mass is 16.2. The second kappa shape index (κ2) is 7.59. The lowest BCUT2D eigenvalue weighted by Gasteiger charge is -2.19. The SMILES string of the molecule is CC(C)(C)c1ccc(Cn2nccc2NC(=O)c2n[nH]c(=O)c3ccccc23)cc1.